The average molecular weight is 482 g/mol. The summed E-state index contributed by atoms with van der Waals surface area (Å²) in [6, 6.07) is 13.2. The van der Waals surface area contributed by atoms with Crippen molar-refractivity contribution in [3.8, 4) is 16.9 Å². The summed E-state index contributed by atoms with van der Waals surface area (Å²) in [6.07, 6.45) is 0. The molecule has 3 aromatic rings. The summed E-state index contributed by atoms with van der Waals surface area (Å²) in [5.74, 6) is -2.14. The molecule has 3 aromatic carbocycles. The summed E-state index contributed by atoms with van der Waals surface area (Å²) in [6.45, 7) is -0.638. The molecule has 0 aromatic heterocycles. The van der Waals surface area contributed by atoms with Gasteiger partial charge in [-0.05, 0) is 59.7 Å². The van der Waals surface area contributed by atoms with E-state index in [0.29, 0.717) is 16.7 Å². The van der Waals surface area contributed by atoms with Crippen molar-refractivity contribution in [1.82, 2.24) is 4.31 Å². The molecule has 0 saturated carbocycles. The summed E-state index contributed by atoms with van der Waals surface area (Å²) in [5, 5.41) is 8.78. The van der Waals surface area contributed by atoms with Crippen LogP contribution >= 0.6 is 11.6 Å². The fourth-order valence-electron chi connectivity index (χ4n) is 2.96. The number of ether oxygens (including phenoxy) is 1. The summed E-state index contributed by atoms with van der Waals surface area (Å²) in [7, 11) is -2.51. The van der Waals surface area contributed by atoms with E-state index >= 15 is 0 Å². The highest BCUT2D eigenvalue weighted by Gasteiger charge is 2.22. The van der Waals surface area contributed by atoms with Crippen LogP contribution < -0.4 is 4.74 Å². The SMILES string of the molecule is CN(Cc1ccc(OCC(=O)O)c(-c2ccc(F)c(Cl)c2)c1)S(=O)(=O)c1ccc(F)cc1. The van der Waals surface area contributed by atoms with E-state index < -0.39 is 34.2 Å². The highest BCUT2D eigenvalue weighted by molar-refractivity contribution is 7.89. The fourth-order valence-corrected chi connectivity index (χ4v) is 4.30. The molecular formula is C22H18ClF2NO5S. The summed E-state index contributed by atoms with van der Waals surface area (Å²) in [5.41, 5.74) is 1.43. The first kappa shape index (κ1) is 23.6. The molecule has 0 unspecified atom stereocenters. The van der Waals surface area contributed by atoms with Gasteiger partial charge in [-0.15, -0.1) is 0 Å². The number of rotatable bonds is 8. The van der Waals surface area contributed by atoms with Gasteiger partial charge in [0.25, 0.3) is 0 Å². The number of aliphatic carboxylic acids is 1. The number of benzene rings is 3. The molecule has 0 aliphatic rings. The molecule has 0 heterocycles. The maximum atomic E-state index is 13.6. The molecule has 0 spiro atoms. The van der Waals surface area contributed by atoms with Crippen LogP contribution in [0.25, 0.3) is 11.1 Å². The van der Waals surface area contributed by atoms with Gasteiger partial charge in [-0.3, -0.25) is 0 Å². The van der Waals surface area contributed by atoms with E-state index in [1.54, 1.807) is 12.1 Å². The molecule has 0 radical (unpaired) electrons. The number of hydrogen-bond donors (Lipinski definition) is 1. The highest BCUT2D eigenvalue weighted by atomic mass is 35.5. The maximum absolute atomic E-state index is 13.6. The average Bonchev–Trinajstić information content (AvgIpc) is 2.75. The molecule has 0 atom stereocenters. The number of halogens is 3. The Morgan fingerprint density at radius 3 is 2.38 bits per heavy atom. The predicted molar refractivity (Wildman–Crippen MR) is 115 cm³/mol. The Hall–Kier alpha value is -3.01. The normalized spacial score (nSPS) is 11.5. The number of sulfonamides is 1. The van der Waals surface area contributed by atoms with Crippen LogP contribution in [-0.4, -0.2) is 37.5 Å². The lowest BCUT2D eigenvalue weighted by Crippen LogP contribution is -2.26. The minimum atomic E-state index is -3.89. The number of nitrogens with zero attached hydrogens (tertiary/aromatic N) is 1. The van der Waals surface area contributed by atoms with Gasteiger partial charge in [0, 0.05) is 19.2 Å². The van der Waals surface area contributed by atoms with Crippen molar-refractivity contribution in [2.75, 3.05) is 13.7 Å². The first-order valence-corrected chi connectivity index (χ1v) is 11.0. The Balaban J connectivity index is 1.95. The Morgan fingerprint density at radius 1 is 1.06 bits per heavy atom. The zero-order valence-corrected chi connectivity index (χ0v) is 18.3. The van der Waals surface area contributed by atoms with Crippen LogP contribution in [0, 0.1) is 11.6 Å². The molecule has 3 rings (SSSR count). The standard InChI is InChI=1S/C22H18ClF2NO5S/c1-26(32(29,30)17-6-4-16(24)5-7-17)12-14-2-9-21(31-13-22(27)28)18(10-14)15-3-8-20(25)19(23)11-15/h2-11H,12-13H2,1H3,(H,27,28). The van der Waals surface area contributed by atoms with Crippen molar-refractivity contribution >= 4 is 27.6 Å². The maximum Gasteiger partial charge on any atom is 0.341 e. The third-order valence-corrected chi connectivity index (χ3v) is 6.66. The second kappa shape index (κ2) is 9.64. The van der Waals surface area contributed by atoms with E-state index in [2.05, 4.69) is 0 Å². The van der Waals surface area contributed by atoms with Gasteiger partial charge in [0.05, 0.1) is 9.92 Å². The fraction of sp³-hybridized carbons (Fsp3) is 0.136. The van der Waals surface area contributed by atoms with Gasteiger partial charge >= 0.3 is 5.97 Å². The van der Waals surface area contributed by atoms with Crippen molar-refractivity contribution in [3.05, 3.63) is 82.9 Å². The third-order valence-electron chi connectivity index (χ3n) is 4.55. The van der Waals surface area contributed by atoms with Crippen LogP contribution in [0.3, 0.4) is 0 Å². The smallest absolute Gasteiger partial charge is 0.341 e. The Labute approximate surface area is 188 Å². The zero-order chi connectivity index (χ0) is 23.5. The summed E-state index contributed by atoms with van der Waals surface area (Å²) < 4.78 is 58.7. The van der Waals surface area contributed by atoms with Crippen molar-refractivity contribution in [2.45, 2.75) is 11.4 Å². The molecule has 0 amide bonds. The van der Waals surface area contributed by atoms with Crippen LogP contribution in [-0.2, 0) is 21.4 Å². The van der Waals surface area contributed by atoms with Crippen LogP contribution in [0.1, 0.15) is 5.56 Å². The van der Waals surface area contributed by atoms with E-state index in [-0.39, 0.29) is 22.2 Å². The number of hydrogen-bond acceptors (Lipinski definition) is 4. The molecule has 0 bridgehead atoms. The van der Waals surface area contributed by atoms with E-state index in [9.17, 15) is 22.0 Å². The Kier molecular flexibility index (Phi) is 7.12. The van der Waals surface area contributed by atoms with Crippen LogP contribution in [0.15, 0.2) is 65.6 Å². The molecule has 6 nitrogen and oxygen atoms in total. The van der Waals surface area contributed by atoms with Gasteiger partial charge < -0.3 is 9.84 Å². The van der Waals surface area contributed by atoms with Gasteiger partial charge in [-0.1, -0.05) is 23.7 Å². The highest BCUT2D eigenvalue weighted by Crippen LogP contribution is 2.34. The topological polar surface area (TPSA) is 83.9 Å². The molecule has 0 aliphatic heterocycles. The van der Waals surface area contributed by atoms with Gasteiger partial charge in [0.15, 0.2) is 6.61 Å². The Bertz CT molecular complexity index is 1250. The predicted octanol–water partition coefficient (Wildman–Crippen LogP) is 4.57. The van der Waals surface area contributed by atoms with Crippen LogP contribution in [0.2, 0.25) is 5.02 Å². The second-order valence-corrected chi connectivity index (χ2v) is 9.31. The molecule has 10 heteroatoms. The summed E-state index contributed by atoms with van der Waals surface area (Å²) >= 11 is 5.88. The molecule has 0 saturated heterocycles. The molecule has 168 valence electrons. The van der Waals surface area contributed by atoms with Crippen molar-refractivity contribution in [2.24, 2.45) is 0 Å². The molecule has 1 N–H and O–H groups in total. The number of carbonyl (C=O) groups is 1. The zero-order valence-electron chi connectivity index (χ0n) is 16.8. The van der Waals surface area contributed by atoms with Crippen molar-refractivity contribution < 1.29 is 31.8 Å². The van der Waals surface area contributed by atoms with E-state index in [4.69, 9.17) is 21.4 Å². The van der Waals surface area contributed by atoms with Crippen LogP contribution in [0.4, 0.5) is 8.78 Å². The quantitative estimate of drug-likeness (QED) is 0.509. The monoisotopic (exact) mass is 481 g/mol. The molecular weight excluding hydrogens is 464 g/mol. The lowest BCUT2D eigenvalue weighted by Gasteiger charge is -2.19. The minimum absolute atomic E-state index is 0.0408. The van der Waals surface area contributed by atoms with Gasteiger partial charge in [0.1, 0.15) is 17.4 Å². The van der Waals surface area contributed by atoms with E-state index in [1.807, 2.05) is 0 Å². The first-order chi connectivity index (χ1) is 15.1. The third kappa shape index (κ3) is 5.42. The minimum Gasteiger partial charge on any atom is -0.481 e. The van der Waals surface area contributed by atoms with Crippen molar-refractivity contribution in [3.63, 3.8) is 0 Å². The lowest BCUT2D eigenvalue weighted by atomic mass is 10.0. The molecule has 32 heavy (non-hydrogen) atoms. The van der Waals surface area contributed by atoms with E-state index in [1.165, 1.54) is 37.4 Å². The molecule has 0 fully saturated rings. The largest absolute Gasteiger partial charge is 0.481 e. The van der Waals surface area contributed by atoms with Gasteiger partial charge in [-0.25, -0.2) is 22.0 Å². The van der Waals surface area contributed by atoms with Gasteiger partial charge in [-0.2, -0.15) is 4.31 Å². The first-order valence-electron chi connectivity index (χ1n) is 9.23. The number of carboxylic acid groups (broad SMARTS) is 1. The second-order valence-electron chi connectivity index (χ2n) is 6.86. The van der Waals surface area contributed by atoms with Crippen LogP contribution in [0.5, 0.6) is 5.75 Å². The van der Waals surface area contributed by atoms with Crippen molar-refractivity contribution in [1.29, 1.82) is 0 Å². The Morgan fingerprint density at radius 2 is 1.75 bits per heavy atom. The molecule has 0 aliphatic carbocycles. The summed E-state index contributed by atoms with van der Waals surface area (Å²) in [4.78, 5) is 10.8. The van der Waals surface area contributed by atoms with E-state index in [0.717, 1.165) is 22.5 Å². The number of carboxylic acids is 1. The van der Waals surface area contributed by atoms with Gasteiger partial charge in [0.2, 0.25) is 10.0 Å². The lowest BCUT2D eigenvalue weighted by molar-refractivity contribution is -0.139.